The van der Waals surface area contributed by atoms with Crippen molar-refractivity contribution in [3.63, 3.8) is 0 Å². The van der Waals surface area contributed by atoms with Crippen molar-refractivity contribution >= 4 is 0 Å². The van der Waals surface area contributed by atoms with Gasteiger partial charge in [-0.05, 0) is 65.1 Å². The monoisotopic (exact) mass is 265 g/mol. The van der Waals surface area contributed by atoms with Crippen LogP contribution in [-0.2, 0) is 0 Å². The summed E-state index contributed by atoms with van der Waals surface area (Å²) in [5.41, 5.74) is 0. The Balaban J connectivity index is 1.28. The van der Waals surface area contributed by atoms with Gasteiger partial charge in [-0.3, -0.25) is 9.80 Å². The lowest BCUT2D eigenvalue weighted by Crippen LogP contribution is -2.51. The molecule has 0 radical (unpaired) electrons. The number of piperazine rings is 1. The van der Waals surface area contributed by atoms with Crippen LogP contribution in [0.15, 0.2) is 0 Å². The summed E-state index contributed by atoms with van der Waals surface area (Å²) in [7, 11) is 0. The maximum atomic E-state index is 2.75. The Kier molecular flexibility index (Phi) is 4.45. The van der Waals surface area contributed by atoms with E-state index >= 15 is 0 Å². The first kappa shape index (κ1) is 13.8. The molecule has 1 unspecified atom stereocenters. The van der Waals surface area contributed by atoms with Gasteiger partial charge in [0.25, 0.3) is 0 Å². The van der Waals surface area contributed by atoms with E-state index in [9.17, 15) is 0 Å². The smallest absolute Gasteiger partial charge is 0.0136 e. The predicted molar refractivity (Wildman–Crippen MR) is 80.5 cm³/mol. The minimum Gasteiger partial charge on any atom is -0.301 e. The Hall–Kier alpha value is -0.120. The summed E-state index contributed by atoms with van der Waals surface area (Å²) in [5, 5.41) is 0. The quantitative estimate of drug-likeness (QED) is 0.726. The van der Waals surface area contributed by atoms with Gasteiger partial charge in [-0.15, -0.1) is 0 Å². The highest BCUT2D eigenvalue weighted by molar-refractivity contribution is 4.94. The minimum absolute atomic E-state index is 0.725. The summed E-state index contributed by atoms with van der Waals surface area (Å²) < 4.78 is 0. The molecule has 1 saturated carbocycles. The molecule has 2 heterocycles. The first-order chi connectivity index (χ1) is 9.24. The minimum atomic E-state index is 0.725. The zero-order valence-electron chi connectivity index (χ0n) is 12.9. The molecule has 1 atom stereocenters. The average molecular weight is 265 g/mol. The van der Waals surface area contributed by atoms with Crippen LogP contribution in [0.3, 0.4) is 0 Å². The first-order valence-electron chi connectivity index (χ1n) is 8.44. The second-order valence-corrected chi connectivity index (χ2v) is 7.05. The molecule has 0 bridgehead atoms. The molecule has 3 aliphatic rings. The summed E-state index contributed by atoms with van der Waals surface area (Å²) in [6, 6.07) is 1.71. The van der Waals surface area contributed by atoms with E-state index in [4.69, 9.17) is 0 Å². The Morgan fingerprint density at radius 2 is 1.63 bits per heavy atom. The van der Waals surface area contributed by atoms with Crippen molar-refractivity contribution in [3.8, 4) is 0 Å². The van der Waals surface area contributed by atoms with Gasteiger partial charge in [0, 0.05) is 38.3 Å². The molecule has 0 aromatic carbocycles. The highest BCUT2D eigenvalue weighted by atomic mass is 15.3. The molecular weight excluding hydrogens is 234 g/mol. The third kappa shape index (κ3) is 3.50. The topological polar surface area (TPSA) is 9.72 Å². The van der Waals surface area contributed by atoms with E-state index in [0.29, 0.717) is 0 Å². The van der Waals surface area contributed by atoms with Gasteiger partial charge in [0.15, 0.2) is 0 Å². The van der Waals surface area contributed by atoms with Gasteiger partial charge in [0.1, 0.15) is 0 Å². The van der Waals surface area contributed by atoms with Gasteiger partial charge in [0.2, 0.25) is 0 Å². The Bertz CT molecular complexity index is 280. The molecule has 3 heteroatoms. The summed E-state index contributed by atoms with van der Waals surface area (Å²) >= 11 is 0. The predicted octanol–water partition coefficient (Wildman–Crippen LogP) is 1.89. The molecule has 3 rings (SSSR count). The highest BCUT2D eigenvalue weighted by Gasteiger charge is 2.39. The number of nitrogens with zero attached hydrogens (tertiary/aromatic N) is 3. The lowest BCUT2D eigenvalue weighted by atomic mass is 9.98. The molecule has 0 N–H and O–H groups in total. The summed E-state index contributed by atoms with van der Waals surface area (Å²) in [5.74, 6) is 1.09. The molecule has 2 aliphatic heterocycles. The van der Waals surface area contributed by atoms with E-state index in [1.54, 1.807) is 0 Å². The SMILES string of the molecule is CC(C)N1CCN(CCCN2CCC2C2CC2)CC1. The molecule has 19 heavy (non-hydrogen) atoms. The van der Waals surface area contributed by atoms with Gasteiger partial charge in [-0.1, -0.05) is 0 Å². The fourth-order valence-electron chi connectivity index (χ4n) is 3.75. The molecule has 0 aromatic rings. The summed E-state index contributed by atoms with van der Waals surface area (Å²) in [6.45, 7) is 13.8. The van der Waals surface area contributed by atoms with Crippen LogP contribution in [0.5, 0.6) is 0 Å². The van der Waals surface area contributed by atoms with Gasteiger partial charge in [0.05, 0.1) is 0 Å². The van der Waals surface area contributed by atoms with Crippen molar-refractivity contribution in [1.29, 1.82) is 0 Å². The van der Waals surface area contributed by atoms with Crippen molar-refractivity contribution in [2.45, 2.75) is 51.6 Å². The van der Waals surface area contributed by atoms with Crippen molar-refractivity contribution in [3.05, 3.63) is 0 Å². The third-order valence-electron chi connectivity index (χ3n) is 5.40. The number of hydrogen-bond donors (Lipinski definition) is 0. The summed E-state index contributed by atoms with van der Waals surface area (Å²) in [4.78, 5) is 8.03. The fraction of sp³-hybridized carbons (Fsp3) is 1.00. The van der Waals surface area contributed by atoms with E-state index in [-0.39, 0.29) is 0 Å². The van der Waals surface area contributed by atoms with Crippen LogP contribution in [0.2, 0.25) is 0 Å². The van der Waals surface area contributed by atoms with Crippen LogP contribution < -0.4 is 0 Å². The second-order valence-electron chi connectivity index (χ2n) is 7.05. The Labute approximate surface area is 118 Å². The van der Waals surface area contributed by atoms with E-state index in [0.717, 1.165) is 18.0 Å². The molecule has 3 nitrogen and oxygen atoms in total. The van der Waals surface area contributed by atoms with Crippen LogP contribution >= 0.6 is 0 Å². The molecular formula is C16H31N3. The Morgan fingerprint density at radius 3 is 2.16 bits per heavy atom. The van der Waals surface area contributed by atoms with Crippen LogP contribution in [0, 0.1) is 5.92 Å². The number of hydrogen-bond acceptors (Lipinski definition) is 3. The highest BCUT2D eigenvalue weighted by Crippen LogP contribution is 2.40. The van der Waals surface area contributed by atoms with Crippen molar-refractivity contribution in [2.24, 2.45) is 5.92 Å². The number of likely N-dealkylation sites (tertiary alicyclic amines) is 1. The Morgan fingerprint density at radius 1 is 0.895 bits per heavy atom. The van der Waals surface area contributed by atoms with E-state index in [1.807, 2.05) is 0 Å². The first-order valence-corrected chi connectivity index (χ1v) is 8.44. The normalized spacial score (nSPS) is 30.8. The van der Waals surface area contributed by atoms with E-state index in [2.05, 4.69) is 28.5 Å². The molecule has 0 aromatic heterocycles. The lowest BCUT2D eigenvalue weighted by molar-refractivity contribution is 0.0618. The third-order valence-corrected chi connectivity index (χ3v) is 5.40. The van der Waals surface area contributed by atoms with Crippen LogP contribution in [0.4, 0.5) is 0 Å². The van der Waals surface area contributed by atoms with Gasteiger partial charge < -0.3 is 4.90 Å². The van der Waals surface area contributed by atoms with Crippen molar-refractivity contribution in [1.82, 2.24) is 14.7 Å². The maximum absolute atomic E-state index is 2.75. The average Bonchev–Trinajstić information content (AvgIpc) is 3.18. The maximum Gasteiger partial charge on any atom is 0.0136 e. The second kappa shape index (κ2) is 6.11. The molecule has 0 amide bonds. The van der Waals surface area contributed by atoms with E-state index in [1.165, 1.54) is 71.5 Å². The molecule has 3 fully saturated rings. The largest absolute Gasteiger partial charge is 0.301 e. The van der Waals surface area contributed by atoms with Crippen LogP contribution in [0.1, 0.15) is 39.5 Å². The zero-order chi connectivity index (χ0) is 13.2. The van der Waals surface area contributed by atoms with Gasteiger partial charge >= 0.3 is 0 Å². The number of rotatable bonds is 6. The summed E-state index contributed by atoms with van der Waals surface area (Å²) in [6.07, 6.45) is 5.89. The van der Waals surface area contributed by atoms with Crippen molar-refractivity contribution in [2.75, 3.05) is 45.8 Å². The zero-order valence-corrected chi connectivity index (χ0v) is 12.9. The molecule has 0 spiro atoms. The fourth-order valence-corrected chi connectivity index (χ4v) is 3.75. The van der Waals surface area contributed by atoms with Gasteiger partial charge in [-0.2, -0.15) is 0 Å². The standard InChI is InChI=1S/C16H31N3/c1-14(2)18-12-10-17(11-13-18)7-3-8-19-9-6-16(19)15-4-5-15/h14-16H,3-13H2,1-2H3. The van der Waals surface area contributed by atoms with Gasteiger partial charge in [-0.25, -0.2) is 0 Å². The molecule has 110 valence electrons. The van der Waals surface area contributed by atoms with Crippen LogP contribution in [0.25, 0.3) is 0 Å². The van der Waals surface area contributed by atoms with Crippen molar-refractivity contribution < 1.29 is 0 Å². The lowest BCUT2D eigenvalue weighted by Gasteiger charge is -2.42. The van der Waals surface area contributed by atoms with Crippen LogP contribution in [-0.4, -0.2) is 72.6 Å². The molecule has 1 aliphatic carbocycles. The molecule has 2 saturated heterocycles. The van der Waals surface area contributed by atoms with E-state index < -0.39 is 0 Å².